The summed E-state index contributed by atoms with van der Waals surface area (Å²) in [6.07, 6.45) is 8.52. The monoisotopic (exact) mass is 614 g/mol. The molecule has 2 saturated heterocycles. The molecule has 45 heavy (non-hydrogen) atoms. The lowest BCUT2D eigenvalue weighted by Gasteiger charge is -2.41. The molecular weight excluding hydrogens is 568 g/mol. The molecule has 0 bridgehead atoms. The number of hydrogen-bond donors (Lipinski definition) is 3. The molecule has 2 amide bonds. The average molecular weight is 615 g/mol. The van der Waals surface area contributed by atoms with Crippen molar-refractivity contribution in [3.05, 3.63) is 66.6 Å². The minimum absolute atomic E-state index is 0.00197. The minimum atomic E-state index is -1.03. The first-order valence-corrected chi connectivity index (χ1v) is 16.5. The van der Waals surface area contributed by atoms with Crippen LogP contribution in [0.25, 0.3) is 11.3 Å². The van der Waals surface area contributed by atoms with E-state index in [0.717, 1.165) is 74.2 Å². The maximum Gasteiger partial charge on any atom is 0.275 e. The van der Waals surface area contributed by atoms with Crippen molar-refractivity contribution in [3.63, 3.8) is 0 Å². The Bertz CT molecular complexity index is 1440. The van der Waals surface area contributed by atoms with Gasteiger partial charge in [-0.05, 0) is 56.4 Å². The number of ether oxygens (including phenoxy) is 1. The fraction of sp³-hybridized carbons (Fsp3) is 0.514. The molecule has 0 spiro atoms. The molecule has 3 atom stereocenters. The number of aliphatic hydroxyl groups is 1. The van der Waals surface area contributed by atoms with Crippen LogP contribution in [0.1, 0.15) is 67.9 Å². The van der Waals surface area contributed by atoms with Crippen molar-refractivity contribution in [2.75, 3.05) is 56.7 Å². The number of rotatable bonds is 10. The highest BCUT2D eigenvalue weighted by atomic mass is 16.5. The quantitative estimate of drug-likeness (QED) is 0.309. The molecule has 3 fully saturated rings. The third kappa shape index (κ3) is 6.78. The van der Waals surface area contributed by atoms with Gasteiger partial charge in [0.2, 0.25) is 5.91 Å². The van der Waals surface area contributed by atoms with Crippen LogP contribution in [-0.2, 0) is 9.53 Å². The first kappa shape index (κ1) is 31.3. The van der Waals surface area contributed by atoms with E-state index in [4.69, 9.17) is 9.72 Å². The molecule has 10 nitrogen and oxygen atoms in total. The highest BCUT2D eigenvalue weighted by molar-refractivity contribution is 5.98. The summed E-state index contributed by atoms with van der Waals surface area (Å²) in [6, 6.07) is 17.7. The number of hydrogen-bond acceptors (Lipinski definition) is 7. The zero-order valence-electron chi connectivity index (χ0n) is 26.3. The van der Waals surface area contributed by atoms with E-state index < -0.39 is 5.60 Å². The fourth-order valence-electron chi connectivity index (χ4n) is 7.30. The number of methoxy groups -OCH3 is 1. The van der Waals surface area contributed by atoms with Gasteiger partial charge < -0.3 is 34.8 Å². The topological polar surface area (TPSA) is 112 Å². The summed E-state index contributed by atoms with van der Waals surface area (Å²) in [5, 5.41) is 18.7. The molecule has 1 saturated carbocycles. The Kier molecular flexibility index (Phi) is 9.82. The number of piperazine rings is 1. The van der Waals surface area contributed by atoms with Gasteiger partial charge in [0.25, 0.3) is 5.91 Å². The van der Waals surface area contributed by atoms with E-state index in [1.54, 1.807) is 13.4 Å². The SMILES string of the molecule is COC[C@]1(O)CCCC[C@H]1n1cnc(C(=O)N2CCNC[C@H]2CCNc2ccc(N3CCCCC3=O)cc2)c1-c1ccccc1. The van der Waals surface area contributed by atoms with Gasteiger partial charge in [0.15, 0.2) is 5.69 Å². The number of nitrogens with zero attached hydrogens (tertiary/aromatic N) is 4. The van der Waals surface area contributed by atoms with Gasteiger partial charge in [0.05, 0.1) is 24.7 Å². The van der Waals surface area contributed by atoms with Crippen LogP contribution in [0.15, 0.2) is 60.9 Å². The maximum absolute atomic E-state index is 14.3. The molecule has 2 aliphatic heterocycles. The standard InChI is InChI=1S/C35H46N6O4/c1-45-24-35(44)18-7-5-11-30(35)41-25-38-32(33(41)26-9-3-2-4-10-26)34(43)40-22-20-36-23-29(40)17-19-37-27-13-15-28(16-14-27)39-21-8-6-12-31(39)42/h2-4,9-10,13-16,25,29-30,36-37,44H,5-8,11-12,17-24H2,1H3/t29-,30-,35-/m1/s1. The second kappa shape index (κ2) is 14.1. The Morgan fingerprint density at radius 1 is 1.09 bits per heavy atom. The Labute approximate surface area is 265 Å². The number of piperidine rings is 1. The van der Waals surface area contributed by atoms with Crippen LogP contribution in [0.4, 0.5) is 11.4 Å². The molecule has 0 unspecified atom stereocenters. The van der Waals surface area contributed by atoms with Gasteiger partial charge in [0, 0.05) is 69.2 Å². The zero-order chi connectivity index (χ0) is 31.2. The average Bonchev–Trinajstić information content (AvgIpc) is 3.51. The number of nitrogens with one attached hydrogen (secondary N) is 2. The number of anilines is 2. The first-order chi connectivity index (χ1) is 22.0. The van der Waals surface area contributed by atoms with Crippen molar-refractivity contribution in [2.24, 2.45) is 0 Å². The molecule has 6 rings (SSSR count). The predicted octanol–water partition coefficient (Wildman–Crippen LogP) is 4.48. The highest BCUT2D eigenvalue weighted by Crippen LogP contribution is 2.41. The Balaban J connectivity index is 1.18. The predicted molar refractivity (Wildman–Crippen MR) is 175 cm³/mol. The summed E-state index contributed by atoms with van der Waals surface area (Å²) in [4.78, 5) is 35.2. The number of carbonyl (C=O) groups is 2. The summed E-state index contributed by atoms with van der Waals surface area (Å²) >= 11 is 0. The largest absolute Gasteiger partial charge is 0.385 e. The third-order valence-electron chi connectivity index (χ3n) is 9.65. The van der Waals surface area contributed by atoms with Gasteiger partial charge in [-0.25, -0.2) is 4.98 Å². The van der Waals surface area contributed by atoms with Crippen LogP contribution in [0, 0.1) is 0 Å². The van der Waals surface area contributed by atoms with Crippen molar-refractivity contribution < 1.29 is 19.4 Å². The van der Waals surface area contributed by atoms with E-state index in [1.165, 1.54) is 0 Å². The zero-order valence-corrected chi connectivity index (χ0v) is 26.3. The number of benzene rings is 2. The molecule has 3 N–H and O–H groups in total. The smallest absolute Gasteiger partial charge is 0.275 e. The first-order valence-electron chi connectivity index (χ1n) is 16.5. The van der Waals surface area contributed by atoms with Crippen LogP contribution in [0.5, 0.6) is 0 Å². The van der Waals surface area contributed by atoms with Crippen LogP contribution < -0.4 is 15.5 Å². The fourth-order valence-corrected chi connectivity index (χ4v) is 7.30. The van der Waals surface area contributed by atoms with Gasteiger partial charge >= 0.3 is 0 Å². The second-order valence-corrected chi connectivity index (χ2v) is 12.6. The number of carbonyl (C=O) groups excluding carboxylic acids is 2. The minimum Gasteiger partial charge on any atom is -0.385 e. The van der Waals surface area contributed by atoms with Crippen LogP contribution in [0.3, 0.4) is 0 Å². The Morgan fingerprint density at radius 3 is 2.69 bits per heavy atom. The van der Waals surface area contributed by atoms with Crippen molar-refractivity contribution in [1.29, 1.82) is 0 Å². The van der Waals surface area contributed by atoms with Crippen molar-refractivity contribution in [1.82, 2.24) is 19.8 Å². The summed E-state index contributed by atoms with van der Waals surface area (Å²) in [5.74, 6) is 0.113. The Hall–Kier alpha value is -3.73. The van der Waals surface area contributed by atoms with Gasteiger partial charge in [-0.1, -0.05) is 43.2 Å². The van der Waals surface area contributed by atoms with Gasteiger partial charge in [-0.15, -0.1) is 0 Å². The van der Waals surface area contributed by atoms with E-state index in [1.807, 2.05) is 69.0 Å². The molecule has 0 radical (unpaired) electrons. The third-order valence-corrected chi connectivity index (χ3v) is 9.65. The lowest BCUT2D eigenvalue weighted by Crippen LogP contribution is -2.54. The molecule has 1 aromatic heterocycles. The second-order valence-electron chi connectivity index (χ2n) is 12.6. The molecular formula is C35H46N6O4. The van der Waals surface area contributed by atoms with Gasteiger partial charge in [-0.2, -0.15) is 0 Å². The maximum atomic E-state index is 14.3. The molecule has 2 aromatic carbocycles. The summed E-state index contributed by atoms with van der Waals surface area (Å²) in [7, 11) is 1.62. The summed E-state index contributed by atoms with van der Waals surface area (Å²) in [6.45, 7) is 3.75. The van der Waals surface area contributed by atoms with Crippen molar-refractivity contribution in [2.45, 2.75) is 69.1 Å². The lowest BCUT2D eigenvalue weighted by molar-refractivity contribution is -0.119. The highest BCUT2D eigenvalue weighted by Gasteiger charge is 2.42. The van der Waals surface area contributed by atoms with Crippen molar-refractivity contribution >= 4 is 23.2 Å². The Morgan fingerprint density at radius 2 is 1.91 bits per heavy atom. The number of amides is 2. The van der Waals surface area contributed by atoms with Crippen LogP contribution in [-0.4, -0.2) is 89.5 Å². The van der Waals surface area contributed by atoms with E-state index in [2.05, 4.69) is 10.6 Å². The van der Waals surface area contributed by atoms with E-state index in [9.17, 15) is 14.7 Å². The molecule has 3 aromatic rings. The van der Waals surface area contributed by atoms with Crippen molar-refractivity contribution in [3.8, 4) is 11.3 Å². The number of aromatic nitrogens is 2. The van der Waals surface area contributed by atoms with E-state index in [0.29, 0.717) is 38.2 Å². The summed E-state index contributed by atoms with van der Waals surface area (Å²) < 4.78 is 7.49. The molecule has 3 aliphatic rings. The van der Waals surface area contributed by atoms with Crippen LogP contribution in [0.2, 0.25) is 0 Å². The normalized spacial score (nSPS) is 24.1. The molecule has 1 aliphatic carbocycles. The summed E-state index contributed by atoms with van der Waals surface area (Å²) in [5.41, 5.74) is 3.00. The van der Waals surface area contributed by atoms with Crippen LogP contribution >= 0.6 is 0 Å². The number of imidazole rings is 1. The van der Waals surface area contributed by atoms with Gasteiger partial charge in [0.1, 0.15) is 5.60 Å². The lowest BCUT2D eigenvalue weighted by atomic mass is 9.80. The van der Waals surface area contributed by atoms with Gasteiger partial charge in [-0.3, -0.25) is 9.59 Å². The molecule has 240 valence electrons. The molecule has 3 heterocycles. The molecule has 10 heteroatoms. The van der Waals surface area contributed by atoms with E-state index >= 15 is 0 Å². The van der Waals surface area contributed by atoms with E-state index in [-0.39, 0.29) is 30.5 Å².